The predicted octanol–water partition coefficient (Wildman–Crippen LogP) is 3.20. The molecule has 0 aliphatic carbocycles. The summed E-state index contributed by atoms with van der Waals surface area (Å²) in [4.78, 5) is 23.0. The highest BCUT2D eigenvalue weighted by atomic mass is 16.5. The van der Waals surface area contributed by atoms with E-state index in [9.17, 15) is 9.59 Å². The maximum Gasteiger partial charge on any atom is 0.306 e. The molecule has 0 N–H and O–H groups in total. The van der Waals surface area contributed by atoms with Gasteiger partial charge in [-0.1, -0.05) is 11.6 Å². The van der Waals surface area contributed by atoms with Crippen LogP contribution in [0.3, 0.4) is 0 Å². The Balaban J connectivity index is 1.94. The Bertz CT molecular complexity index is 624. The summed E-state index contributed by atoms with van der Waals surface area (Å²) >= 11 is 0. The lowest BCUT2D eigenvalue weighted by Crippen LogP contribution is -2.09. The van der Waals surface area contributed by atoms with Crippen molar-refractivity contribution in [1.82, 2.24) is 0 Å². The number of esters is 1. The van der Waals surface area contributed by atoms with Crippen molar-refractivity contribution in [3.8, 4) is 0 Å². The van der Waals surface area contributed by atoms with Crippen molar-refractivity contribution in [3.63, 3.8) is 0 Å². The standard InChI is InChI=1S/C16H18O4/c1-3-19-16(18)7-5-13(17)10-14-9-12-8-11(2)4-6-15(12)20-14/h4,6,8-9H,3,5,7,10H2,1-2H3. The third-order valence-corrected chi connectivity index (χ3v) is 3.01. The monoisotopic (exact) mass is 274 g/mol. The molecule has 0 saturated carbocycles. The van der Waals surface area contributed by atoms with Crippen LogP contribution in [0.25, 0.3) is 11.0 Å². The number of ether oxygens (including phenoxy) is 1. The van der Waals surface area contributed by atoms with Crippen molar-refractivity contribution >= 4 is 22.7 Å². The van der Waals surface area contributed by atoms with Crippen LogP contribution in [0, 0.1) is 6.92 Å². The molecule has 4 heteroatoms. The first-order valence-corrected chi connectivity index (χ1v) is 6.75. The molecule has 0 amide bonds. The molecule has 2 rings (SSSR count). The quantitative estimate of drug-likeness (QED) is 0.759. The number of carbonyl (C=O) groups is 2. The largest absolute Gasteiger partial charge is 0.466 e. The zero-order valence-electron chi connectivity index (χ0n) is 11.8. The second-order valence-electron chi connectivity index (χ2n) is 4.77. The number of hydrogen-bond donors (Lipinski definition) is 0. The van der Waals surface area contributed by atoms with E-state index in [1.807, 2.05) is 31.2 Å². The van der Waals surface area contributed by atoms with Gasteiger partial charge in [-0.2, -0.15) is 0 Å². The lowest BCUT2D eigenvalue weighted by molar-refractivity contribution is -0.144. The number of rotatable bonds is 6. The van der Waals surface area contributed by atoms with Crippen LogP contribution in [-0.4, -0.2) is 18.4 Å². The van der Waals surface area contributed by atoms with E-state index in [-0.39, 0.29) is 31.0 Å². The highest BCUT2D eigenvalue weighted by Gasteiger charge is 2.11. The first-order valence-electron chi connectivity index (χ1n) is 6.75. The average molecular weight is 274 g/mol. The Kier molecular flexibility index (Phi) is 4.56. The lowest BCUT2D eigenvalue weighted by Gasteiger charge is -2.00. The predicted molar refractivity (Wildman–Crippen MR) is 75.5 cm³/mol. The van der Waals surface area contributed by atoms with E-state index in [1.54, 1.807) is 6.92 Å². The summed E-state index contributed by atoms with van der Waals surface area (Å²) in [5, 5.41) is 0.998. The molecule has 20 heavy (non-hydrogen) atoms. The number of furan rings is 1. The molecular weight excluding hydrogens is 256 g/mol. The summed E-state index contributed by atoms with van der Waals surface area (Å²) in [6, 6.07) is 7.77. The van der Waals surface area contributed by atoms with Gasteiger partial charge in [0.05, 0.1) is 19.4 Å². The summed E-state index contributed by atoms with van der Waals surface area (Å²) in [6.07, 6.45) is 0.536. The summed E-state index contributed by atoms with van der Waals surface area (Å²) in [5.41, 5.74) is 1.93. The highest BCUT2D eigenvalue weighted by molar-refractivity contribution is 5.86. The Labute approximate surface area is 117 Å². The number of hydrogen-bond acceptors (Lipinski definition) is 4. The number of benzene rings is 1. The zero-order valence-corrected chi connectivity index (χ0v) is 11.8. The summed E-state index contributed by atoms with van der Waals surface area (Å²) in [5.74, 6) is 0.286. The normalized spacial score (nSPS) is 10.7. The lowest BCUT2D eigenvalue weighted by atomic mass is 10.1. The van der Waals surface area contributed by atoms with Crippen LogP contribution in [-0.2, 0) is 20.7 Å². The Hall–Kier alpha value is -2.10. The van der Waals surface area contributed by atoms with E-state index >= 15 is 0 Å². The molecule has 0 atom stereocenters. The van der Waals surface area contributed by atoms with Gasteiger partial charge < -0.3 is 9.15 Å². The summed E-state index contributed by atoms with van der Waals surface area (Å²) in [7, 11) is 0. The zero-order chi connectivity index (χ0) is 14.5. The fraction of sp³-hybridized carbons (Fsp3) is 0.375. The van der Waals surface area contributed by atoms with E-state index in [1.165, 1.54) is 0 Å². The van der Waals surface area contributed by atoms with Gasteiger partial charge in [-0.3, -0.25) is 9.59 Å². The maximum atomic E-state index is 11.8. The van der Waals surface area contributed by atoms with Crippen LogP contribution < -0.4 is 0 Å². The van der Waals surface area contributed by atoms with E-state index < -0.39 is 0 Å². The van der Waals surface area contributed by atoms with Crippen molar-refractivity contribution in [2.24, 2.45) is 0 Å². The molecule has 0 radical (unpaired) electrons. The van der Waals surface area contributed by atoms with Gasteiger partial charge in [0, 0.05) is 11.8 Å². The van der Waals surface area contributed by atoms with Gasteiger partial charge in [0.2, 0.25) is 0 Å². The molecule has 1 heterocycles. The third-order valence-electron chi connectivity index (χ3n) is 3.01. The SMILES string of the molecule is CCOC(=O)CCC(=O)Cc1cc2cc(C)ccc2o1. The van der Waals surface area contributed by atoms with Crippen LogP contribution in [0.4, 0.5) is 0 Å². The van der Waals surface area contributed by atoms with Crippen molar-refractivity contribution in [2.75, 3.05) is 6.61 Å². The first-order chi connectivity index (χ1) is 9.58. The molecule has 0 saturated heterocycles. The molecule has 0 fully saturated rings. The Morgan fingerprint density at radius 3 is 2.75 bits per heavy atom. The molecule has 1 aromatic carbocycles. The van der Waals surface area contributed by atoms with E-state index in [0.29, 0.717) is 12.4 Å². The molecule has 0 aliphatic heterocycles. The van der Waals surface area contributed by atoms with Crippen molar-refractivity contribution in [1.29, 1.82) is 0 Å². The third kappa shape index (κ3) is 3.70. The number of fused-ring (bicyclic) bond motifs is 1. The number of carbonyl (C=O) groups excluding carboxylic acids is 2. The number of aryl methyl sites for hydroxylation is 1. The molecule has 106 valence electrons. The topological polar surface area (TPSA) is 56.5 Å². The Morgan fingerprint density at radius 1 is 1.20 bits per heavy atom. The van der Waals surface area contributed by atoms with Crippen LogP contribution >= 0.6 is 0 Å². The van der Waals surface area contributed by atoms with Gasteiger partial charge >= 0.3 is 5.97 Å². The van der Waals surface area contributed by atoms with Crippen LogP contribution in [0.5, 0.6) is 0 Å². The van der Waals surface area contributed by atoms with Crippen LogP contribution in [0.15, 0.2) is 28.7 Å². The molecule has 0 bridgehead atoms. The maximum absolute atomic E-state index is 11.8. The second kappa shape index (κ2) is 6.37. The molecule has 0 unspecified atom stereocenters. The first kappa shape index (κ1) is 14.3. The summed E-state index contributed by atoms with van der Waals surface area (Å²) < 4.78 is 10.4. The Morgan fingerprint density at radius 2 is 2.00 bits per heavy atom. The van der Waals surface area contributed by atoms with E-state index in [2.05, 4.69) is 0 Å². The van der Waals surface area contributed by atoms with Gasteiger partial charge in [-0.25, -0.2) is 0 Å². The average Bonchev–Trinajstić information content (AvgIpc) is 2.78. The highest BCUT2D eigenvalue weighted by Crippen LogP contribution is 2.21. The van der Waals surface area contributed by atoms with Crippen molar-refractivity contribution < 1.29 is 18.7 Å². The van der Waals surface area contributed by atoms with Gasteiger partial charge in [0.1, 0.15) is 17.1 Å². The molecule has 0 spiro atoms. The van der Waals surface area contributed by atoms with Crippen molar-refractivity contribution in [2.45, 2.75) is 33.1 Å². The number of Topliss-reactive ketones (excluding diaryl/α,β-unsaturated/α-hetero) is 1. The second-order valence-corrected chi connectivity index (χ2v) is 4.77. The van der Waals surface area contributed by atoms with E-state index in [4.69, 9.17) is 9.15 Å². The van der Waals surface area contributed by atoms with Crippen LogP contribution in [0.1, 0.15) is 31.1 Å². The minimum atomic E-state index is -0.332. The van der Waals surface area contributed by atoms with Gasteiger partial charge in [-0.05, 0) is 32.0 Å². The van der Waals surface area contributed by atoms with Crippen molar-refractivity contribution in [3.05, 3.63) is 35.6 Å². The molecule has 2 aromatic rings. The molecule has 0 aliphatic rings. The summed E-state index contributed by atoms with van der Waals surface area (Å²) in [6.45, 7) is 4.10. The van der Waals surface area contributed by atoms with Crippen LogP contribution in [0.2, 0.25) is 0 Å². The molecular formula is C16H18O4. The number of ketones is 1. The van der Waals surface area contributed by atoms with Gasteiger partial charge in [-0.15, -0.1) is 0 Å². The fourth-order valence-corrected chi connectivity index (χ4v) is 2.06. The fourth-order valence-electron chi connectivity index (χ4n) is 2.06. The smallest absolute Gasteiger partial charge is 0.306 e. The van der Waals surface area contributed by atoms with Gasteiger partial charge in [0.15, 0.2) is 0 Å². The minimum Gasteiger partial charge on any atom is -0.466 e. The molecule has 1 aromatic heterocycles. The minimum absolute atomic E-state index is 0.0196. The van der Waals surface area contributed by atoms with Gasteiger partial charge in [0.25, 0.3) is 0 Å². The molecule has 4 nitrogen and oxygen atoms in total. The van der Waals surface area contributed by atoms with E-state index in [0.717, 1.165) is 16.5 Å².